The lowest BCUT2D eigenvalue weighted by Crippen LogP contribution is -2.31. The van der Waals surface area contributed by atoms with Crippen molar-refractivity contribution < 1.29 is 18.4 Å². The number of benzene rings is 2. The lowest BCUT2D eigenvalue weighted by Gasteiger charge is -2.15. The van der Waals surface area contributed by atoms with Crippen LogP contribution in [0, 0.1) is 11.6 Å². The summed E-state index contributed by atoms with van der Waals surface area (Å²) in [5.74, 6) is -1.96. The van der Waals surface area contributed by atoms with Gasteiger partial charge < -0.3 is 10.6 Å². The predicted octanol–water partition coefficient (Wildman–Crippen LogP) is 4.05. The van der Waals surface area contributed by atoms with Crippen LogP contribution < -0.4 is 10.6 Å². The molecule has 0 aliphatic rings. The number of carbonyl (C=O) groups excluding carboxylic acids is 2. The van der Waals surface area contributed by atoms with Crippen LogP contribution in [0.3, 0.4) is 0 Å². The van der Waals surface area contributed by atoms with Crippen molar-refractivity contribution in [2.45, 2.75) is 19.9 Å². The minimum absolute atomic E-state index is 0.0621. The molecule has 1 atom stereocenters. The van der Waals surface area contributed by atoms with E-state index in [0.29, 0.717) is 16.8 Å². The number of amides is 2. The van der Waals surface area contributed by atoms with Gasteiger partial charge in [-0.2, -0.15) is 0 Å². The van der Waals surface area contributed by atoms with Crippen molar-refractivity contribution in [3.63, 3.8) is 0 Å². The minimum Gasteiger partial charge on any atom is -0.331 e. The molecular weight excluding hydrogens is 302 g/mol. The zero-order valence-electron chi connectivity index (χ0n) is 12.7. The van der Waals surface area contributed by atoms with Crippen molar-refractivity contribution >= 4 is 17.5 Å². The second-order valence-corrected chi connectivity index (χ2v) is 5.13. The first-order valence-electron chi connectivity index (χ1n) is 7.00. The SMILES string of the molecule is CC(=O)c1ccc(NC(=O)NC(C)c2ccc(F)c(F)c2)cc1. The summed E-state index contributed by atoms with van der Waals surface area (Å²) in [5.41, 5.74) is 1.52. The van der Waals surface area contributed by atoms with Crippen LogP contribution in [0.5, 0.6) is 0 Å². The first-order valence-corrected chi connectivity index (χ1v) is 7.00. The van der Waals surface area contributed by atoms with E-state index in [-0.39, 0.29) is 5.78 Å². The molecule has 0 fully saturated rings. The fourth-order valence-corrected chi connectivity index (χ4v) is 2.02. The van der Waals surface area contributed by atoms with Crippen LogP contribution in [-0.4, -0.2) is 11.8 Å². The van der Waals surface area contributed by atoms with Gasteiger partial charge in [-0.15, -0.1) is 0 Å². The van der Waals surface area contributed by atoms with E-state index in [1.165, 1.54) is 13.0 Å². The van der Waals surface area contributed by atoms with Gasteiger partial charge in [-0.3, -0.25) is 4.79 Å². The van der Waals surface area contributed by atoms with Crippen molar-refractivity contribution in [2.24, 2.45) is 0 Å². The highest BCUT2D eigenvalue weighted by atomic mass is 19.2. The molecule has 120 valence electrons. The number of rotatable bonds is 4. The summed E-state index contributed by atoms with van der Waals surface area (Å²) in [4.78, 5) is 23.1. The third-order valence-corrected chi connectivity index (χ3v) is 3.34. The van der Waals surface area contributed by atoms with Gasteiger partial charge in [-0.25, -0.2) is 13.6 Å². The number of nitrogens with one attached hydrogen (secondary N) is 2. The smallest absolute Gasteiger partial charge is 0.319 e. The number of Topliss-reactive ketones (excluding diaryl/α,β-unsaturated/α-hetero) is 1. The van der Waals surface area contributed by atoms with E-state index in [2.05, 4.69) is 10.6 Å². The Kier molecular flexibility index (Phi) is 5.05. The highest BCUT2D eigenvalue weighted by Gasteiger charge is 2.12. The molecule has 0 saturated heterocycles. The summed E-state index contributed by atoms with van der Waals surface area (Å²) in [6.45, 7) is 3.11. The van der Waals surface area contributed by atoms with E-state index in [4.69, 9.17) is 0 Å². The lowest BCUT2D eigenvalue weighted by atomic mass is 10.1. The maximum Gasteiger partial charge on any atom is 0.319 e. The molecule has 0 spiro atoms. The molecule has 0 aliphatic carbocycles. The maximum absolute atomic E-state index is 13.2. The van der Waals surface area contributed by atoms with Gasteiger partial charge in [0.25, 0.3) is 0 Å². The summed E-state index contributed by atoms with van der Waals surface area (Å²) in [7, 11) is 0. The largest absolute Gasteiger partial charge is 0.331 e. The van der Waals surface area contributed by atoms with E-state index in [1.807, 2.05) is 0 Å². The van der Waals surface area contributed by atoms with Crippen LogP contribution in [0.1, 0.15) is 35.8 Å². The molecule has 0 aliphatic heterocycles. The Morgan fingerprint density at radius 2 is 1.65 bits per heavy atom. The first-order chi connectivity index (χ1) is 10.9. The van der Waals surface area contributed by atoms with E-state index >= 15 is 0 Å². The Bertz CT molecular complexity index is 730. The Hall–Kier alpha value is -2.76. The van der Waals surface area contributed by atoms with Crippen LogP contribution in [0.2, 0.25) is 0 Å². The summed E-state index contributed by atoms with van der Waals surface area (Å²) >= 11 is 0. The molecular formula is C17H16F2N2O2. The topological polar surface area (TPSA) is 58.2 Å². The molecule has 0 bridgehead atoms. The van der Waals surface area contributed by atoms with Gasteiger partial charge in [0.2, 0.25) is 0 Å². The maximum atomic E-state index is 13.2. The number of halogens is 2. The quantitative estimate of drug-likeness (QED) is 0.836. The van der Waals surface area contributed by atoms with Crippen LogP contribution in [0.25, 0.3) is 0 Å². The van der Waals surface area contributed by atoms with Gasteiger partial charge >= 0.3 is 6.03 Å². The van der Waals surface area contributed by atoms with Gasteiger partial charge in [0.15, 0.2) is 17.4 Å². The van der Waals surface area contributed by atoms with Crippen molar-refractivity contribution in [1.82, 2.24) is 5.32 Å². The van der Waals surface area contributed by atoms with Gasteiger partial charge in [0.05, 0.1) is 6.04 Å². The second kappa shape index (κ2) is 7.00. The third kappa shape index (κ3) is 4.35. The molecule has 2 amide bonds. The summed E-state index contributed by atoms with van der Waals surface area (Å²) < 4.78 is 26.1. The average molecular weight is 318 g/mol. The number of hydrogen-bond donors (Lipinski definition) is 2. The lowest BCUT2D eigenvalue weighted by molar-refractivity contribution is 0.101. The molecule has 2 aromatic carbocycles. The normalized spacial score (nSPS) is 11.7. The number of hydrogen-bond acceptors (Lipinski definition) is 2. The molecule has 6 heteroatoms. The molecule has 0 heterocycles. The molecule has 0 radical (unpaired) electrons. The zero-order valence-corrected chi connectivity index (χ0v) is 12.7. The fraction of sp³-hybridized carbons (Fsp3) is 0.176. The van der Waals surface area contributed by atoms with Crippen molar-refractivity contribution in [2.75, 3.05) is 5.32 Å². The van der Waals surface area contributed by atoms with Gasteiger partial charge in [-0.05, 0) is 55.8 Å². The molecule has 4 nitrogen and oxygen atoms in total. The molecule has 2 N–H and O–H groups in total. The number of ketones is 1. The van der Waals surface area contributed by atoms with Crippen LogP contribution in [0.15, 0.2) is 42.5 Å². The van der Waals surface area contributed by atoms with Crippen molar-refractivity contribution in [3.05, 3.63) is 65.2 Å². The molecule has 0 aromatic heterocycles. The molecule has 23 heavy (non-hydrogen) atoms. The molecule has 0 saturated carbocycles. The number of anilines is 1. The van der Waals surface area contributed by atoms with Crippen molar-refractivity contribution in [3.8, 4) is 0 Å². The Morgan fingerprint density at radius 3 is 2.22 bits per heavy atom. The highest BCUT2D eigenvalue weighted by molar-refractivity contribution is 5.95. The zero-order chi connectivity index (χ0) is 17.0. The molecule has 1 unspecified atom stereocenters. The molecule has 2 aromatic rings. The Balaban J connectivity index is 1.98. The van der Waals surface area contributed by atoms with Gasteiger partial charge in [0.1, 0.15) is 0 Å². The monoisotopic (exact) mass is 318 g/mol. The van der Waals surface area contributed by atoms with Gasteiger partial charge in [-0.1, -0.05) is 6.07 Å². The van der Waals surface area contributed by atoms with Crippen LogP contribution in [0.4, 0.5) is 19.3 Å². The number of carbonyl (C=O) groups is 2. The van der Waals surface area contributed by atoms with Crippen molar-refractivity contribution in [1.29, 1.82) is 0 Å². The first kappa shape index (κ1) is 16.6. The van der Waals surface area contributed by atoms with Crippen LogP contribution in [-0.2, 0) is 0 Å². The Morgan fingerprint density at radius 1 is 1.00 bits per heavy atom. The highest BCUT2D eigenvalue weighted by Crippen LogP contribution is 2.16. The van der Waals surface area contributed by atoms with E-state index < -0.39 is 23.7 Å². The van der Waals surface area contributed by atoms with E-state index in [1.54, 1.807) is 31.2 Å². The predicted molar refractivity (Wildman–Crippen MR) is 83.4 cm³/mol. The summed E-state index contributed by atoms with van der Waals surface area (Å²) in [6, 6.07) is 8.91. The van der Waals surface area contributed by atoms with E-state index in [0.717, 1.165) is 12.1 Å². The third-order valence-electron chi connectivity index (χ3n) is 3.34. The van der Waals surface area contributed by atoms with E-state index in [9.17, 15) is 18.4 Å². The average Bonchev–Trinajstić information content (AvgIpc) is 2.50. The Labute approximate surface area is 132 Å². The fourth-order valence-electron chi connectivity index (χ4n) is 2.02. The standard InChI is InChI=1S/C17H16F2N2O2/c1-10(13-5-8-15(18)16(19)9-13)20-17(23)21-14-6-3-12(4-7-14)11(2)22/h3-10H,1-2H3,(H2,20,21,23). The number of urea groups is 1. The second-order valence-electron chi connectivity index (χ2n) is 5.13. The molecule has 2 rings (SSSR count). The summed E-state index contributed by atoms with van der Waals surface area (Å²) in [5, 5.41) is 5.23. The van der Waals surface area contributed by atoms with Crippen LogP contribution >= 0.6 is 0 Å². The minimum atomic E-state index is -0.962. The van der Waals surface area contributed by atoms with Gasteiger partial charge in [0, 0.05) is 11.3 Å². The summed E-state index contributed by atoms with van der Waals surface area (Å²) in [6.07, 6.45) is 0.